The lowest BCUT2D eigenvalue weighted by Gasteiger charge is -2.40. The zero-order valence-electron chi connectivity index (χ0n) is 18.3. The summed E-state index contributed by atoms with van der Waals surface area (Å²) in [6.45, 7) is 12.9. The average Bonchev–Trinajstić information content (AvgIpc) is 2.67. The van der Waals surface area contributed by atoms with Crippen LogP contribution in [0.2, 0.25) is 0 Å². The Kier molecular flexibility index (Phi) is 12.9. The van der Waals surface area contributed by atoms with Crippen LogP contribution in [-0.4, -0.2) is 65.2 Å². The number of ether oxygens (including phenoxy) is 3. The van der Waals surface area contributed by atoms with E-state index in [9.17, 15) is 0 Å². The van der Waals surface area contributed by atoms with Crippen molar-refractivity contribution in [3.05, 3.63) is 0 Å². The Labute approximate surface area is 189 Å². The highest BCUT2D eigenvalue weighted by atomic mass is 127. The van der Waals surface area contributed by atoms with Crippen LogP contribution in [0.25, 0.3) is 0 Å². The molecular formula is C21H42IN3O3. The highest BCUT2D eigenvalue weighted by Crippen LogP contribution is 2.33. The van der Waals surface area contributed by atoms with Crippen molar-refractivity contribution in [1.29, 1.82) is 0 Å². The molecular weight excluding hydrogens is 469 g/mol. The first-order valence-electron chi connectivity index (χ1n) is 10.7. The molecule has 0 bridgehead atoms. The molecule has 0 amide bonds. The fourth-order valence-corrected chi connectivity index (χ4v) is 4.00. The Morgan fingerprint density at radius 2 is 1.86 bits per heavy atom. The Morgan fingerprint density at radius 3 is 2.54 bits per heavy atom. The summed E-state index contributed by atoms with van der Waals surface area (Å²) in [6.07, 6.45) is 5.92. The van der Waals surface area contributed by atoms with Crippen LogP contribution in [0.3, 0.4) is 0 Å². The highest BCUT2D eigenvalue weighted by Gasteiger charge is 2.35. The number of hydrogen-bond donors (Lipinski definition) is 2. The van der Waals surface area contributed by atoms with Crippen LogP contribution in [0.5, 0.6) is 0 Å². The Balaban J connectivity index is 0.00000392. The van der Waals surface area contributed by atoms with E-state index in [1.54, 1.807) is 0 Å². The molecule has 28 heavy (non-hydrogen) atoms. The third-order valence-corrected chi connectivity index (χ3v) is 5.51. The quantitative estimate of drug-likeness (QED) is 0.226. The van der Waals surface area contributed by atoms with E-state index in [-0.39, 0.29) is 29.4 Å². The topological polar surface area (TPSA) is 64.1 Å². The van der Waals surface area contributed by atoms with E-state index in [2.05, 4.69) is 36.4 Å². The van der Waals surface area contributed by atoms with Crippen LogP contribution in [-0.2, 0) is 14.2 Å². The minimum absolute atomic E-state index is 0. The number of aliphatic imine (C=N–C) groups is 1. The molecule has 0 saturated carbocycles. The normalized spacial score (nSPS) is 24.5. The van der Waals surface area contributed by atoms with E-state index < -0.39 is 0 Å². The van der Waals surface area contributed by atoms with Crippen molar-refractivity contribution in [3.63, 3.8) is 0 Å². The maximum Gasteiger partial charge on any atom is 0.190 e. The van der Waals surface area contributed by atoms with E-state index >= 15 is 0 Å². The second kappa shape index (κ2) is 14.0. The molecule has 0 radical (unpaired) electrons. The molecule has 0 spiro atoms. The number of rotatable bonds is 8. The zero-order valence-corrected chi connectivity index (χ0v) is 20.6. The molecule has 6 nitrogen and oxygen atoms in total. The van der Waals surface area contributed by atoms with Crippen LogP contribution < -0.4 is 10.6 Å². The van der Waals surface area contributed by atoms with E-state index in [1.807, 2.05) is 7.05 Å². The Morgan fingerprint density at radius 1 is 1.11 bits per heavy atom. The van der Waals surface area contributed by atoms with Gasteiger partial charge in [-0.25, -0.2) is 0 Å². The summed E-state index contributed by atoms with van der Waals surface area (Å²) < 4.78 is 17.3. The number of nitrogens with zero attached hydrogens (tertiary/aromatic N) is 1. The summed E-state index contributed by atoms with van der Waals surface area (Å²) in [4.78, 5) is 4.35. The third kappa shape index (κ3) is 9.59. The lowest BCUT2D eigenvalue weighted by molar-refractivity contribution is -0.0835. The molecule has 0 aromatic carbocycles. The van der Waals surface area contributed by atoms with Crippen molar-refractivity contribution < 1.29 is 14.2 Å². The van der Waals surface area contributed by atoms with Crippen molar-refractivity contribution in [3.8, 4) is 0 Å². The number of halogens is 1. The molecule has 2 fully saturated rings. The van der Waals surface area contributed by atoms with Gasteiger partial charge in [-0.3, -0.25) is 4.99 Å². The first-order chi connectivity index (χ1) is 13.0. The summed E-state index contributed by atoms with van der Waals surface area (Å²) in [7, 11) is 1.83. The maximum atomic E-state index is 6.07. The highest BCUT2D eigenvalue weighted by molar-refractivity contribution is 14.0. The van der Waals surface area contributed by atoms with Crippen molar-refractivity contribution in [1.82, 2.24) is 10.6 Å². The summed E-state index contributed by atoms with van der Waals surface area (Å²) >= 11 is 0. The number of guanidine groups is 1. The molecule has 2 aliphatic rings. The molecule has 2 unspecified atom stereocenters. The molecule has 2 atom stereocenters. The van der Waals surface area contributed by atoms with Crippen molar-refractivity contribution >= 4 is 29.9 Å². The van der Waals surface area contributed by atoms with Gasteiger partial charge in [0.1, 0.15) is 0 Å². The summed E-state index contributed by atoms with van der Waals surface area (Å²) in [5.41, 5.74) is 0.172. The molecule has 2 saturated heterocycles. The molecule has 0 aromatic rings. The van der Waals surface area contributed by atoms with Gasteiger partial charge in [0.05, 0.1) is 6.10 Å². The molecule has 7 heteroatoms. The van der Waals surface area contributed by atoms with Gasteiger partial charge in [-0.15, -0.1) is 24.0 Å². The van der Waals surface area contributed by atoms with Gasteiger partial charge in [0, 0.05) is 59.1 Å². The Hall–Kier alpha value is -0.120. The van der Waals surface area contributed by atoms with E-state index in [0.717, 1.165) is 77.8 Å². The van der Waals surface area contributed by atoms with Gasteiger partial charge >= 0.3 is 0 Å². The van der Waals surface area contributed by atoms with Gasteiger partial charge < -0.3 is 24.8 Å². The fraction of sp³-hybridized carbons (Fsp3) is 0.952. The fourth-order valence-electron chi connectivity index (χ4n) is 4.00. The molecule has 0 aliphatic carbocycles. The van der Waals surface area contributed by atoms with Gasteiger partial charge in [0.2, 0.25) is 0 Å². The van der Waals surface area contributed by atoms with Crippen molar-refractivity contribution in [2.24, 2.45) is 22.2 Å². The zero-order chi connectivity index (χ0) is 19.5. The summed E-state index contributed by atoms with van der Waals surface area (Å²) in [5.74, 6) is 2.08. The van der Waals surface area contributed by atoms with Crippen LogP contribution in [0, 0.1) is 17.3 Å². The predicted molar refractivity (Wildman–Crippen MR) is 126 cm³/mol. The minimum atomic E-state index is 0. The average molecular weight is 511 g/mol. The first-order valence-corrected chi connectivity index (χ1v) is 10.7. The largest absolute Gasteiger partial charge is 0.381 e. The summed E-state index contributed by atoms with van der Waals surface area (Å²) in [6, 6.07) is 0. The molecule has 0 aromatic heterocycles. The molecule has 166 valence electrons. The predicted octanol–water partition coefficient (Wildman–Crippen LogP) is 3.44. The minimum Gasteiger partial charge on any atom is -0.381 e. The smallest absolute Gasteiger partial charge is 0.190 e. The van der Waals surface area contributed by atoms with Gasteiger partial charge in [-0.2, -0.15) is 0 Å². The van der Waals surface area contributed by atoms with Crippen molar-refractivity contribution in [2.75, 3.05) is 53.2 Å². The van der Waals surface area contributed by atoms with E-state index in [1.165, 1.54) is 6.42 Å². The van der Waals surface area contributed by atoms with Crippen LogP contribution in [0.4, 0.5) is 0 Å². The second-order valence-corrected chi connectivity index (χ2v) is 8.92. The summed E-state index contributed by atoms with van der Waals surface area (Å²) in [5, 5.41) is 6.89. The molecule has 2 heterocycles. The van der Waals surface area contributed by atoms with Gasteiger partial charge in [-0.1, -0.05) is 20.8 Å². The number of nitrogens with one attached hydrogen (secondary N) is 2. The number of hydrogen-bond acceptors (Lipinski definition) is 4. The molecule has 2 N–H and O–H groups in total. The van der Waals surface area contributed by atoms with E-state index in [0.29, 0.717) is 17.9 Å². The lowest BCUT2D eigenvalue weighted by atomic mass is 9.78. The SMILES string of the molecule is CN=C(NCCCOCC1CCOCC1)NCC1CCCOC1C(C)(C)C.I. The van der Waals surface area contributed by atoms with Crippen LogP contribution in [0.1, 0.15) is 52.9 Å². The second-order valence-electron chi connectivity index (χ2n) is 8.92. The van der Waals surface area contributed by atoms with Gasteiger partial charge in [0.25, 0.3) is 0 Å². The van der Waals surface area contributed by atoms with Crippen molar-refractivity contribution in [2.45, 2.75) is 59.0 Å². The molecule has 2 rings (SSSR count). The van der Waals surface area contributed by atoms with E-state index in [4.69, 9.17) is 14.2 Å². The van der Waals surface area contributed by atoms with Gasteiger partial charge in [0.15, 0.2) is 5.96 Å². The van der Waals surface area contributed by atoms with Crippen LogP contribution in [0.15, 0.2) is 4.99 Å². The lowest BCUT2D eigenvalue weighted by Crippen LogP contribution is -2.47. The molecule has 2 aliphatic heterocycles. The van der Waals surface area contributed by atoms with Gasteiger partial charge in [-0.05, 0) is 43.4 Å². The third-order valence-electron chi connectivity index (χ3n) is 5.51. The standard InChI is InChI=1S/C21H41N3O3.HI/c1-21(2,3)19-18(7-5-12-27-19)15-24-20(22-4)23-10-6-11-26-16-17-8-13-25-14-9-17;/h17-19H,5-16H2,1-4H3,(H2,22,23,24);1H. The monoisotopic (exact) mass is 511 g/mol. The Bertz CT molecular complexity index is 437. The first kappa shape index (κ1) is 25.9. The maximum absolute atomic E-state index is 6.07. The van der Waals surface area contributed by atoms with Crippen LogP contribution >= 0.6 is 24.0 Å².